The summed E-state index contributed by atoms with van der Waals surface area (Å²) in [6.07, 6.45) is -0.0984. The largest absolute Gasteiger partial charge is 0.370 e. The maximum absolute atomic E-state index is 11.9. The van der Waals surface area contributed by atoms with Gasteiger partial charge in [-0.25, -0.2) is 0 Å². The van der Waals surface area contributed by atoms with Crippen molar-refractivity contribution in [3.8, 4) is 0 Å². The quantitative estimate of drug-likeness (QED) is 0.886. The predicted octanol–water partition coefficient (Wildman–Crippen LogP) is 1.59. The summed E-state index contributed by atoms with van der Waals surface area (Å²) in [4.78, 5) is 13.6. The topological polar surface area (TPSA) is 55.6 Å². The Balaban J connectivity index is 2.07. The smallest absolute Gasteiger partial charge is 0.239 e. The number of hydrogen-bond acceptors (Lipinski definition) is 3. The van der Waals surface area contributed by atoms with Crippen molar-refractivity contribution >= 4 is 17.5 Å². The minimum Gasteiger partial charge on any atom is -0.370 e. The van der Waals surface area contributed by atoms with Crippen molar-refractivity contribution in [3.05, 3.63) is 34.9 Å². The lowest BCUT2D eigenvalue weighted by atomic mass is 10.1. The van der Waals surface area contributed by atoms with Gasteiger partial charge in [-0.05, 0) is 24.6 Å². The van der Waals surface area contributed by atoms with Gasteiger partial charge in [-0.1, -0.05) is 23.7 Å². The Morgan fingerprint density at radius 1 is 1.50 bits per heavy atom. The lowest BCUT2D eigenvalue weighted by molar-refractivity contribution is -0.140. The van der Waals surface area contributed by atoms with Gasteiger partial charge in [0.05, 0.1) is 19.2 Å². The minimum atomic E-state index is -0.464. The molecule has 0 aromatic heterocycles. The lowest BCUT2D eigenvalue weighted by Crippen LogP contribution is -2.48. The molecule has 5 heteroatoms. The molecule has 1 aromatic rings. The van der Waals surface area contributed by atoms with Crippen molar-refractivity contribution in [1.29, 1.82) is 0 Å². The van der Waals surface area contributed by atoms with E-state index in [9.17, 15) is 4.79 Å². The van der Waals surface area contributed by atoms with Gasteiger partial charge in [0.1, 0.15) is 6.10 Å². The first-order valence-electron chi connectivity index (χ1n) is 5.99. The molecule has 0 saturated carbocycles. The highest BCUT2D eigenvalue weighted by Crippen LogP contribution is 2.23. The van der Waals surface area contributed by atoms with Crippen molar-refractivity contribution in [2.45, 2.75) is 19.1 Å². The first-order chi connectivity index (χ1) is 8.58. The molecule has 0 aliphatic carbocycles. The summed E-state index contributed by atoms with van der Waals surface area (Å²) in [7, 11) is 0. The highest BCUT2D eigenvalue weighted by Gasteiger charge is 2.26. The third-order valence-corrected chi connectivity index (χ3v) is 3.26. The molecule has 1 aliphatic heterocycles. The number of carbonyl (C=O) groups excluding carboxylic acids is 1. The van der Waals surface area contributed by atoms with Gasteiger partial charge < -0.3 is 15.4 Å². The van der Waals surface area contributed by atoms with Crippen LogP contribution in [0.25, 0.3) is 0 Å². The fourth-order valence-corrected chi connectivity index (χ4v) is 2.14. The van der Waals surface area contributed by atoms with E-state index in [1.54, 1.807) is 11.8 Å². The highest BCUT2D eigenvalue weighted by molar-refractivity contribution is 6.30. The Hall–Kier alpha value is -1.10. The van der Waals surface area contributed by atoms with Crippen LogP contribution in [-0.2, 0) is 9.53 Å². The number of amides is 1. The van der Waals surface area contributed by atoms with Gasteiger partial charge >= 0.3 is 0 Å². The van der Waals surface area contributed by atoms with Gasteiger partial charge in [0, 0.05) is 11.6 Å². The first-order valence-corrected chi connectivity index (χ1v) is 6.37. The zero-order valence-electron chi connectivity index (χ0n) is 10.3. The summed E-state index contributed by atoms with van der Waals surface area (Å²) in [6.45, 7) is 3.38. The maximum Gasteiger partial charge on any atom is 0.239 e. The van der Waals surface area contributed by atoms with Gasteiger partial charge in [-0.15, -0.1) is 0 Å². The second-order valence-electron chi connectivity index (χ2n) is 4.48. The summed E-state index contributed by atoms with van der Waals surface area (Å²) in [6, 6.07) is 7.03. The van der Waals surface area contributed by atoms with Crippen LogP contribution in [0.15, 0.2) is 24.3 Å². The summed E-state index contributed by atoms with van der Waals surface area (Å²) in [5.41, 5.74) is 6.65. The SMILES string of the molecule is C[C@@H](N)C(=O)N1CCOC(c2ccc(Cl)cc2)C1. The van der Waals surface area contributed by atoms with Gasteiger partial charge in [0.15, 0.2) is 0 Å². The van der Waals surface area contributed by atoms with Crippen LogP contribution in [0.1, 0.15) is 18.6 Å². The van der Waals surface area contributed by atoms with Crippen LogP contribution < -0.4 is 5.73 Å². The Kier molecular flexibility index (Phi) is 4.22. The zero-order valence-corrected chi connectivity index (χ0v) is 11.1. The molecule has 1 amide bonds. The number of nitrogens with zero attached hydrogens (tertiary/aromatic N) is 1. The number of hydrogen-bond donors (Lipinski definition) is 1. The van der Waals surface area contributed by atoms with Crippen LogP contribution in [0.3, 0.4) is 0 Å². The number of morpholine rings is 1. The molecule has 1 unspecified atom stereocenters. The van der Waals surface area contributed by atoms with E-state index in [1.807, 2.05) is 24.3 Å². The Bertz CT molecular complexity index is 420. The van der Waals surface area contributed by atoms with E-state index in [1.165, 1.54) is 0 Å². The molecule has 2 atom stereocenters. The van der Waals surface area contributed by atoms with E-state index in [0.29, 0.717) is 24.7 Å². The van der Waals surface area contributed by atoms with Crippen LogP contribution in [-0.4, -0.2) is 36.5 Å². The molecule has 18 heavy (non-hydrogen) atoms. The fourth-order valence-electron chi connectivity index (χ4n) is 2.02. The van der Waals surface area contributed by atoms with Gasteiger partial charge in [-0.3, -0.25) is 4.79 Å². The molecule has 1 aliphatic rings. The van der Waals surface area contributed by atoms with Gasteiger partial charge in [0.2, 0.25) is 5.91 Å². The van der Waals surface area contributed by atoms with E-state index in [0.717, 1.165) is 5.56 Å². The Labute approximate surface area is 112 Å². The molecule has 1 heterocycles. The standard InChI is InChI=1S/C13H17ClN2O2/c1-9(15)13(17)16-6-7-18-12(8-16)10-2-4-11(14)5-3-10/h2-5,9,12H,6-8,15H2,1H3/t9-,12?/m1/s1. The number of nitrogens with two attached hydrogens (primary N) is 1. The molecule has 2 rings (SSSR count). The molecule has 4 nitrogen and oxygen atoms in total. The molecule has 1 aromatic carbocycles. The Morgan fingerprint density at radius 3 is 2.78 bits per heavy atom. The highest BCUT2D eigenvalue weighted by atomic mass is 35.5. The van der Waals surface area contributed by atoms with Crippen molar-refractivity contribution in [1.82, 2.24) is 4.90 Å². The number of carbonyl (C=O) groups is 1. The van der Waals surface area contributed by atoms with Crippen molar-refractivity contribution in [2.75, 3.05) is 19.7 Å². The molecule has 0 bridgehead atoms. The van der Waals surface area contributed by atoms with Crippen molar-refractivity contribution in [2.24, 2.45) is 5.73 Å². The molecule has 98 valence electrons. The predicted molar refractivity (Wildman–Crippen MR) is 70.4 cm³/mol. The monoisotopic (exact) mass is 268 g/mol. The molecular weight excluding hydrogens is 252 g/mol. The van der Waals surface area contributed by atoms with Gasteiger partial charge in [-0.2, -0.15) is 0 Å². The third kappa shape index (κ3) is 3.02. The van der Waals surface area contributed by atoms with Crippen molar-refractivity contribution in [3.63, 3.8) is 0 Å². The summed E-state index contributed by atoms with van der Waals surface area (Å²) >= 11 is 5.85. The average Bonchev–Trinajstić information content (AvgIpc) is 2.38. The number of halogens is 1. The number of benzene rings is 1. The number of rotatable bonds is 2. The summed E-state index contributed by atoms with van der Waals surface area (Å²) < 4.78 is 5.69. The van der Waals surface area contributed by atoms with Crippen LogP contribution >= 0.6 is 11.6 Å². The summed E-state index contributed by atoms with van der Waals surface area (Å²) in [5.74, 6) is -0.0303. The van der Waals surface area contributed by atoms with E-state index in [-0.39, 0.29) is 12.0 Å². The molecule has 1 saturated heterocycles. The van der Waals surface area contributed by atoms with Crippen LogP contribution in [0.4, 0.5) is 0 Å². The Morgan fingerprint density at radius 2 is 2.17 bits per heavy atom. The minimum absolute atomic E-state index is 0.0303. The second kappa shape index (κ2) is 5.69. The van der Waals surface area contributed by atoms with Crippen molar-refractivity contribution < 1.29 is 9.53 Å². The van der Waals surface area contributed by atoms with Gasteiger partial charge in [0.25, 0.3) is 0 Å². The van der Waals surface area contributed by atoms with E-state index in [4.69, 9.17) is 22.1 Å². The fraction of sp³-hybridized carbons (Fsp3) is 0.462. The lowest BCUT2D eigenvalue weighted by Gasteiger charge is -2.34. The number of ether oxygens (including phenoxy) is 1. The molecule has 0 radical (unpaired) electrons. The summed E-state index contributed by atoms with van der Waals surface area (Å²) in [5, 5.41) is 0.693. The van der Waals surface area contributed by atoms with E-state index < -0.39 is 6.04 Å². The van der Waals surface area contributed by atoms with E-state index in [2.05, 4.69) is 0 Å². The molecule has 0 spiro atoms. The average molecular weight is 269 g/mol. The first kappa shape index (κ1) is 13.3. The molecular formula is C13H17ClN2O2. The van der Waals surface area contributed by atoms with Crippen LogP contribution in [0.2, 0.25) is 5.02 Å². The maximum atomic E-state index is 11.9. The van der Waals surface area contributed by atoms with Crippen LogP contribution in [0.5, 0.6) is 0 Å². The zero-order chi connectivity index (χ0) is 13.1. The molecule has 1 fully saturated rings. The third-order valence-electron chi connectivity index (χ3n) is 3.01. The second-order valence-corrected chi connectivity index (χ2v) is 4.92. The van der Waals surface area contributed by atoms with E-state index >= 15 is 0 Å². The van der Waals surface area contributed by atoms with Crippen LogP contribution in [0, 0.1) is 0 Å². The normalized spacial score (nSPS) is 21.7. The molecule has 2 N–H and O–H groups in total.